The average molecular weight is 204 g/mol. The summed E-state index contributed by atoms with van der Waals surface area (Å²) >= 11 is 6.16. The minimum Gasteiger partial charge on any atom is -0.287 e. The molecule has 1 heterocycles. The van der Waals surface area contributed by atoms with Gasteiger partial charge in [0.05, 0.1) is 11.9 Å². The van der Waals surface area contributed by atoms with E-state index in [0.29, 0.717) is 10.1 Å². The number of nitrogens with one attached hydrogen (secondary N) is 1. The Morgan fingerprint density at radius 2 is 2.67 bits per heavy atom. The molecule has 0 saturated heterocycles. The SMILES string of the molecule is CN(O)C(=S)SCc1cn[nH]n1. The third kappa shape index (κ3) is 2.76. The molecule has 0 saturated carbocycles. The van der Waals surface area contributed by atoms with Gasteiger partial charge in [-0.2, -0.15) is 15.4 Å². The Morgan fingerprint density at radius 3 is 3.17 bits per heavy atom. The van der Waals surface area contributed by atoms with Crippen molar-refractivity contribution in [2.75, 3.05) is 7.05 Å². The standard InChI is InChI=1S/C5H8N4OS2/c1-9(10)5(11)12-3-4-2-6-8-7-4/h2,10H,3H2,1H3,(H,6,7,8). The summed E-state index contributed by atoms with van der Waals surface area (Å²) in [4.78, 5) is 0. The average Bonchev–Trinajstić information content (AvgIpc) is 2.51. The van der Waals surface area contributed by atoms with Crippen LogP contribution in [0.2, 0.25) is 0 Å². The largest absolute Gasteiger partial charge is 0.287 e. The van der Waals surface area contributed by atoms with E-state index in [4.69, 9.17) is 17.4 Å². The summed E-state index contributed by atoms with van der Waals surface area (Å²) < 4.78 is 0.415. The molecule has 0 radical (unpaired) electrons. The van der Waals surface area contributed by atoms with Crippen molar-refractivity contribution in [3.05, 3.63) is 11.9 Å². The van der Waals surface area contributed by atoms with Gasteiger partial charge >= 0.3 is 0 Å². The summed E-state index contributed by atoms with van der Waals surface area (Å²) in [5, 5.41) is 19.7. The number of thiocarbonyl (C=S) groups is 1. The second-order valence-corrected chi connectivity index (χ2v) is 3.65. The molecule has 0 bridgehead atoms. The fourth-order valence-electron chi connectivity index (χ4n) is 0.524. The molecule has 0 atom stereocenters. The van der Waals surface area contributed by atoms with Crippen LogP contribution in [0.4, 0.5) is 0 Å². The number of thioether (sulfide) groups is 1. The highest BCUT2D eigenvalue weighted by Crippen LogP contribution is 2.11. The number of aromatic amines is 1. The van der Waals surface area contributed by atoms with Crippen LogP contribution in [0.5, 0.6) is 0 Å². The first-order valence-electron chi connectivity index (χ1n) is 3.14. The van der Waals surface area contributed by atoms with Gasteiger partial charge in [-0.25, -0.2) is 5.06 Å². The molecular formula is C5H8N4OS2. The highest BCUT2D eigenvalue weighted by Gasteiger charge is 2.03. The summed E-state index contributed by atoms with van der Waals surface area (Å²) in [6.07, 6.45) is 1.62. The van der Waals surface area contributed by atoms with Crippen molar-refractivity contribution in [3.8, 4) is 0 Å². The van der Waals surface area contributed by atoms with Gasteiger partial charge in [-0.3, -0.25) is 5.21 Å². The van der Waals surface area contributed by atoms with Crippen LogP contribution in [0.3, 0.4) is 0 Å². The Balaban J connectivity index is 2.32. The zero-order valence-corrected chi connectivity index (χ0v) is 8.02. The van der Waals surface area contributed by atoms with Gasteiger partial charge in [0.1, 0.15) is 0 Å². The number of nitrogens with zero attached hydrogens (tertiary/aromatic N) is 3. The van der Waals surface area contributed by atoms with E-state index in [1.165, 1.54) is 18.8 Å². The zero-order valence-electron chi connectivity index (χ0n) is 6.39. The van der Waals surface area contributed by atoms with Crippen molar-refractivity contribution in [2.45, 2.75) is 5.75 Å². The topological polar surface area (TPSA) is 65.0 Å². The van der Waals surface area contributed by atoms with Gasteiger partial charge in [0, 0.05) is 12.8 Å². The molecule has 1 rings (SSSR count). The molecule has 0 aliphatic rings. The fraction of sp³-hybridized carbons (Fsp3) is 0.400. The Labute approximate surface area is 79.1 Å². The maximum absolute atomic E-state index is 8.88. The van der Waals surface area contributed by atoms with Gasteiger partial charge in [-0.1, -0.05) is 24.0 Å². The second kappa shape index (κ2) is 4.39. The molecule has 0 aliphatic heterocycles. The Hall–Kier alpha value is -0.660. The Kier molecular flexibility index (Phi) is 3.45. The highest BCUT2D eigenvalue weighted by molar-refractivity contribution is 8.22. The number of hydrogen-bond donors (Lipinski definition) is 2. The predicted molar refractivity (Wildman–Crippen MR) is 49.8 cm³/mol. The van der Waals surface area contributed by atoms with E-state index in [9.17, 15) is 0 Å². The normalized spacial score (nSPS) is 9.83. The van der Waals surface area contributed by atoms with Crippen LogP contribution in [0.1, 0.15) is 5.69 Å². The molecule has 0 aromatic carbocycles. The van der Waals surface area contributed by atoms with Crippen molar-refractivity contribution in [1.82, 2.24) is 20.5 Å². The van der Waals surface area contributed by atoms with Crippen molar-refractivity contribution in [2.24, 2.45) is 0 Å². The van der Waals surface area contributed by atoms with Crippen LogP contribution in [0.15, 0.2) is 6.20 Å². The third-order valence-electron chi connectivity index (χ3n) is 1.07. The van der Waals surface area contributed by atoms with Gasteiger partial charge in [0.15, 0.2) is 4.32 Å². The lowest BCUT2D eigenvalue weighted by Gasteiger charge is -2.08. The zero-order chi connectivity index (χ0) is 8.97. The molecule has 0 aliphatic carbocycles. The molecule has 0 unspecified atom stereocenters. The minimum atomic E-state index is 0.415. The smallest absolute Gasteiger partial charge is 0.160 e. The summed E-state index contributed by atoms with van der Waals surface area (Å²) in [5.41, 5.74) is 0.809. The molecular weight excluding hydrogens is 196 g/mol. The van der Waals surface area contributed by atoms with Gasteiger partial charge in [0.2, 0.25) is 0 Å². The third-order valence-corrected chi connectivity index (χ3v) is 2.64. The number of hydroxylamine groups is 2. The van der Waals surface area contributed by atoms with Crippen LogP contribution >= 0.6 is 24.0 Å². The lowest BCUT2D eigenvalue weighted by molar-refractivity contribution is 0.0205. The molecule has 1 aromatic rings. The van der Waals surface area contributed by atoms with E-state index in [-0.39, 0.29) is 0 Å². The van der Waals surface area contributed by atoms with Crippen molar-refractivity contribution in [3.63, 3.8) is 0 Å². The van der Waals surface area contributed by atoms with E-state index < -0.39 is 0 Å². The lowest BCUT2D eigenvalue weighted by Crippen LogP contribution is -2.17. The first kappa shape index (κ1) is 9.43. The number of H-pyrrole nitrogens is 1. The summed E-state index contributed by atoms with van der Waals surface area (Å²) in [6, 6.07) is 0. The summed E-state index contributed by atoms with van der Waals surface area (Å²) in [6.45, 7) is 0. The van der Waals surface area contributed by atoms with E-state index >= 15 is 0 Å². The number of aromatic nitrogens is 3. The van der Waals surface area contributed by atoms with Crippen molar-refractivity contribution < 1.29 is 5.21 Å². The lowest BCUT2D eigenvalue weighted by atomic mass is 10.6. The van der Waals surface area contributed by atoms with Crippen molar-refractivity contribution in [1.29, 1.82) is 0 Å². The Bertz CT molecular complexity index is 248. The molecule has 7 heteroatoms. The van der Waals surface area contributed by atoms with E-state index in [0.717, 1.165) is 10.8 Å². The van der Waals surface area contributed by atoms with Crippen LogP contribution in [0.25, 0.3) is 0 Å². The van der Waals surface area contributed by atoms with Crippen LogP contribution in [-0.2, 0) is 5.75 Å². The van der Waals surface area contributed by atoms with Crippen molar-refractivity contribution >= 4 is 28.3 Å². The van der Waals surface area contributed by atoms with E-state index in [2.05, 4.69) is 15.4 Å². The molecule has 2 N–H and O–H groups in total. The van der Waals surface area contributed by atoms with Crippen LogP contribution in [0, 0.1) is 0 Å². The van der Waals surface area contributed by atoms with E-state index in [1.54, 1.807) is 6.20 Å². The Morgan fingerprint density at radius 1 is 1.92 bits per heavy atom. The number of hydrogen-bond acceptors (Lipinski definition) is 5. The van der Waals surface area contributed by atoms with Crippen LogP contribution < -0.4 is 0 Å². The van der Waals surface area contributed by atoms with Gasteiger partial charge in [0.25, 0.3) is 0 Å². The first-order valence-corrected chi connectivity index (χ1v) is 4.53. The fourth-order valence-corrected chi connectivity index (χ4v) is 1.30. The van der Waals surface area contributed by atoms with E-state index in [1.807, 2.05) is 0 Å². The van der Waals surface area contributed by atoms with Gasteiger partial charge in [-0.15, -0.1) is 0 Å². The number of rotatable bonds is 2. The molecule has 66 valence electrons. The molecule has 0 fully saturated rings. The maximum Gasteiger partial charge on any atom is 0.160 e. The summed E-state index contributed by atoms with van der Waals surface area (Å²) in [7, 11) is 1.48. The van der Waals surface area contributed by atoms with Crippen LogP contribution in [-0.4, -0.2) is 37.0 Å². The first-order chi connectivity index (χ1) is 5.70. The molecule has 1 aromatic heterocycles. The maximum atomic E-state index is 8.88. The second-order valence-electron chi connectivity index (χ2n) is 2.04. The molecule has 0 amide bonds. The monoisotopic (exact) mass is 204 g/mol. The van der Waals surface area contributed by atoms with Gasteiger partial charge in [-0.05, 0) is 0 Å². The molecule has 5 nitrogen and oxygen atoms in total. The highest BCUT2D eigenvalue weighted by atomic mass is 32.2. The summed E-state index contributed by atoms with van der Waals surface area (Å²) in [5.74, 6) is 0.611. The predicted octanol–water partition coefficient (Wildman–Crippen LogP) is 0.644. The molecule has 12 heavy (non-hydrogen) atoms. The minimum absolute atomic E-state index is 0.415. The molecule has 0 spiro atoms. The quantitative estimate of drug-likeness (QED) is 0.544. The van der Waals surface area contributed by atoms with Gasteiger partial charge < -0.3 is 0 Å².